The maximum absolute atomic E-state index is 12.1. The van der Waals surface area contributed by atoms with Crippen LogP contribution in [0.2, 0.25) is 0 Å². The molecule has 0 aromatic heterocycles. The Labute approximate surface area is 107 Å². The Balaban J connectivity index is 2.79. The van der Waals surface area contributed by atoms with Crippen LogP contribution in [0.1, 0.15) is 0 Å². The van der Waals surface area contributed by atoms with E-state index in [2.05, 4.69) is 4.72 Å². The topological polar surface area (TPSA) is 49.4 Å². The number of halogens is 3. The van der Waals surface area contributed by atoms with Crippen LogP contribution < -0.4 is 4.72 Å². The molecular weight excluding hydrogens is 289 g/mol. The summed E-state index contributed by atoms with van der Waals surface area (Å²) >= 11 is -0.254. The van der Waals surface area contributed by atoms with E-state index in [0.29, 0.717) is 0 Å². The van der Waals surface area contributed by atoms with Gasteiger partial charge < -0.3 is 0 Å². The second-order valence-corrected chi connectivity index (χ2v) is 6.48. The lowest BCUT2D eigenvalue weighted by Gasteiger charge is -2.13. The van der Waals surface area contributed by atoms with Crippen molar-refractivity contribution < 1.29 is 21.6 Å². The van der Waals surface area contributed by atoms with Gasteiger partial charge in [-0.15, -0.1) is 0 Å². The van der Waals surface area contributed by atoms with Crippen molar-refractivity contribution >= 4 is 27.7 Å². The minimum atomic E-state index is -4.36. The molecule has 0 fully saturated rings. The number of anilines is 1. The number of benzene rings is 1. The van der Waals surface area contributed by atoms with E-state index in [-0.39, 0.29) is 22.3 Å². The first-order chi connectivity index (χ1) is 8.10. The average molecular weight is 300 g/mol. The Kier molecular flexibility index (Phi) is 4.51. The second-order valence-electron chi connectivity index (χ2n) is 3.46. The first kappa shape index (κ1) is 15.1. The minimum Gasteiger partial charge on any atom is -0.271 e. The summed E-state index contributed by atoms with van der Waals surface area (Å²) in [5.41, 5.74) is -4.15. The van der Waals surface area contributed by atoms with Gasteiger partial charge in [-0.1, -0.05) is 0 Å². The fourth-order valence-electron chi connectivity index (χ4n) is 0.965. The Morgan fingerprint density at radius 3 is 2.06 bits per heavy atom. The summed E-state index contributed by atoms with van der Waals surface area (Å²) < 4.78 is 62.3. The highest BCUT2D eigenvalue weighted by Crippen LogP contribution is 2.37. The van der Waals surface area contributed by atoms with E-state index in [1.165, 1.54) is 38.4 Å². The van der Waals surface area contributed by atoms with Crippen LogP contribution in [0.3, 0.4) is 0 Å². The molecule has 0 aliphatic heterocycles. The van der Waals surface area contributed by atoms with E-state index in [0.717, 1.165) is 4.31 Å². The predicted octanol–water partition coefficient (Wildman–Crippen LogP) is 2.52. The standard InChI is InChI=1S/C9H11F3N2O2S2/c1-14(2)18(15,16)13-7-3-5-8(6-4-7)17-9(10,11)12/h3-6,13H,1-2H3. The Hall–Kier alpha value is -0.930. The summed E-state index contributed by atoms with van der Waals surface area (Å²) in [5, 5.41) is 0. The highest BCUT2D eigenvalue weighted by Gasteiger charge is 2.29. The molecule has 1 aromatic carbocycles. The lowest BCUT2D eigenvalue weighted by atomic mass is 10.3. The fraction of sp³-hybridized carbons (Fsp3) is 0.333. The number of thioether (sulfide) groups is 1. The summed E-state index contributed by atoms with van der Waals surface area (Å²) in [7, 11) is -0.958. The predicted molar refractivity (Wildman–Crippen MR) is 64.6 cm³/mol. The molecule has 0 saturated heterocycles. The molecule has 1 aromatic rings. The molecule has 0 saturated carbocycles. The van der Waals surface area contributed by atoms with Crippen LogP contribution in [0.5, 0.6) is 0 Å². The van der Waals surface area contributed by atoms with Gasteiger partial charge in [0.05, 0.1) is 0 Å². The van der Waals surface area contributed by atoms with Gasteiger partial charge in [0.2, 0.25) is 0 Å². The quantitative estimate of drug-likeness (QED) is 0.869. The molecule has 0 radical (unpaired) electrons. The maximum Gasteiger partial charge on any atom is 0.446 e. The summed E-state index contributed by atoms with van der Waals surface area (Å²) in [6, 6.07) is 4.95. The van der Waals surface area contributed by atoms with E-state index >= 15 is 0 Å². The van der Waals surface area contributed by atoms with Gasteiger partial charge in [0.1, 0.15) is 0 Å². The third-order valence-corrected chi connectivity index (χ3v) is 4.01. The molecule has 0 aliphatic carbocycles. The molecular formula is C9H11F3N2O2S2. The molecule has 1 rings (SSSR count). The van der Waals surface area contributed by atoms with Crippen molar-refractivity contribution in [1.82, 2.24) is 4.31 Å². The first-order valence-corrected chi connectivity index (χ1v) is 6.92. The van der Waals surface area contributed by atoms with Gasteiger partial charge in [0.25, 0.3) is 0 Å². The largest absolute Gasteiger partial charge is 0.446 e. The zero-order valence-electron chi connectivity index (χ0n) is 9.52. The Bertz CT molecular complexity index is 498. The molecule has 0 aliphatic rings. The van der Waals surface area contributed by atoms with Crippen LogP contribution in [-0.2, 0) is 10.2 Å². The van der Waals surface area contributed by atoms with Crippen molar-refractivity contribution in [3.05, 3.63) is 24.3 Å². The second kappa shape index (κ2) is 5.37. The maximum atomic E-state index is 12.1. The summed E-state index contributed by atoms with van der Waals surface area (Å²) in [5.74, 6) is 0. The van der Waals surface area contributed by atoms with Crippen molar-refractivity contribution in [2.75, 3.05) is 18.8 Å². The Morgan fingerprint density at radius 2 is 1.67 bits per heavy atom. The lowest BCUT2D eigenvalue weighted by Crippen LogP contribution is -2.28. The van der Waals surface area contributed by atoms with Crippen LogP contribution in [0.4, 0.5) is 18.9 Å². The molecule has 0 heterocycles. The van der Waals surface area contributed by atoms with Crippen LogP contribution in [0, 0.1) is 0 Å². The number of hydrogen-bond donors (Lipinski definition) is 1. The van der Waals surface area contributed by atoms with Gasteiger partial charge in [0.15, 0.2) is 0 Å². The van der Waals surface area contributed by atoms with Crippen molar-refractivity contribution in [2.45, 2.75) is 10.4 Å². The number of hydrogen-bond acceptors (Lipinski definition) is 3. The van der Waals surface area contributed by atoms with Crippen molar-refractivity contribution in [2.24, 2.45) is 0 Å². The zero-order valence-corrected chi connectivity index (χ0v) is 11.2. The van der Waals surface area contributed by atoms with Gasteiger partial charge >= 0.3 is 15.7 Å². The van der Waals surface area contributed by atoms with Crippen LogP contribution >= 0.6 is 11.8 Å². The number of nitrogens with zero attached hydrogens (tertiary/aromatic N) is 1. The molecule has 1 N–H and O–H groups in total. The molecule has 9 heteroatoms. The van der Waals surface area contributed by atoms with E-state index in [4.69, 9.17) is 0 Å². The molecule has 4 nitrogen and oxygen atoms in total. The zero-order chi connectivity index (χ0) is 14.0. The lowest BCUT2D eigenvalue weighted by molar-refractivity contribution is -0.0328. The van der Waals surface area contributed by atoms with Crippen LogP contribution in [0.15, 0.2) is 29.2 Å². The summed E-state index contributed by atoms with van der Waals surface area (Å²) in [6.45, 7) is 0. The highest BCUT2D eigenvalue weighted by molar-refractivity contribution is 8.00. The van der Waals surface area contributed by atoms with Gasteiger partial charge in [-0.2, -0.15) is 25.9 Å². The van der Waals surface area contributed by atoms with Crippen molar-refractivity contribution in [1.29, 1.82) is 0 Å². The summed E-state index contributed by atoms with van der Waals surface area (Å²) in [6.07, 6.45) is 0. The highest BCUT2D eigenvalue weighted by atomic mass is 32.2. The van der Waals surface area contributed by atoms with Gasteiger partial charge in [-0.3, -0.25) is 4.72 Å². The van der Waals surface area contributed by atoms with Crippen LogP contribution in [0.25, 0.3) is 0 Å². The van der Waals surface area contributed by atoms with E-state index in [9.17, 15) is 21.6 Å². The SMILES string of the molecule is CN(C)S(=O)(=O)Nc1ccc(SC(F)(F)F)cc1. The van der Waals surface area contributed by atoms with Crippen molar-refractivity contribution in [3.63, 3.8) is 0 Å². The number of rotatable bonds is 4. The monoisotopic (exact) mass is 300 g/mol. The third kappa shape index (κ3) is 4.75. The molecule has 0 atom stereocenters. The minimum absolute atomic E-state index is 0.00435. The molecule has 102 valence electrons. The summed E-state index contributed by atoms with van der Waals surface area (Å²) in [4.78, 5) is -0.00435. The molecule has 0 unspecified atom stereocenters. The van der Waals surface area contributed by atoms with E-state index < -0.39 is 15.7 Å². The fourth-order valence-corrected chi connectivity index (χ4v) is 2.12. The van der Waals surface area contributed by atoms with Gasteiger partial charge in [0, 0.05) is 24.7 Å². The number of nitrogens with one attached hydrogen (secondary N) is 1. The Morgan fingerprint density at radius 1 is 1.17 bits per heavy atom. The average Bonchev–Trinajstić information content (AvgIpc) is 2.18. The van der Waals surface area contributed by atoms with Gasteiger partial charge in [-0.25, -0.2) is 0 Å². The first-order valence-electron chi connectivity index (χ1n) is 4.66. The smallest absolute Gasteiger partial charge is 0.271 e. The van der Waals surface area contributed by atoms with E-state index in [1.807, 2.05) is 0 Å². The van der Waals surface area contributed by atoms with Crippen molar-refractivity contribution in [3.8, 4) is 0 Å². The normalized spacial score (nSPS) is 12.8. The number of alkyl halides is 3. The van der Waals surface area contributed by atoms with Crippen LogP contribution in [-0.4, -0.2) is 32.3 Å². The molecule has 0 spiro atoms. The van der Waals surface area contributed by atoms with E-state index in [1.54, 1.807) is 0 Å². The molecule has 18 heavy (non-hydrogen) atoms. The molecule has 0 bridgehead atoms. The molecule has 0 amide bonds. The third-order valence-electron chi connectivity index (χ3n) is 1.82. The van der Waals surface area contributed by atoms with Gasteiger partial charge in [-0.05, 0) is 36.0 Å².